The highest BCUT2D eigenvalue weighted by Crippen LogP contribution is 2.60. The number of amides is 1. The van der Waals surface area contributed by atoms with Crippen LogP contribution in [0.1, 0.15) is 44.1 Å². The van der Waals surface area contributed by atoms with E-state index in [0.29, 0.717) is 6.54 Å². The van der Waals surface area contributed by atoms with Crippen molar-refractivity contribution < 1.29 is 14.3 Å². The molecule has 1 N–H and O–H groups in total. The minimum absolute atomic E-state index is 0.0856. The van der Waals surface area contributed by atoms with Crippen molar-refractivity contribution in [3.63, 3.8) is 0 Å². The molecule has 0 unspecified atom stereocenters. The molecule has 0 aliphatic heterocycles. The molecular formula is C20H27NO3. The molecule has 4 bridgehead atoms. The summed E-state index contributed by atoms with van der Waals surface area (Å²) in [6.07, 6.45) is 7.39. The quantitative estimate of drug-likeness (QED) is 0.899. The molecule has 0 radical (unpaired) electrons. The van der Waals surface area contributed by atoms with Crippen LogP contribution < -0.4 is 14.8 Å². The molecule has 4 aliphatic rings. The monoisotopic (exact) mass is 329 g/mol. The van der Waals surface area contributed by atoms with Crippen LogP contribution in [0.5, 0.6) is 11.5 Å². The molecule has 0 spiro atoms. The zero-order chi connectivity index (χ0) is 16.7. The Labute approximate surface area is 143 Å². The average molecular weight is 329 g/mol. The van der Waals surface area contributed by atoms with Gasteiger partial charge in [-0.3, -0.25) is 4.79 Å². The Bertz CT molecular complexity index is 582. The predicted octanol–water partition coefficient (Wildman–Crippen LogP) is 3.54. The second kappa shape index (κ2) is 5.98. The first-order chi connectivity index (χ1) is 11.6. The van der Waals surface area contributed by atoms with Crippen LogP contribution in [0.2, 0.25) is 0 Å². The zero-order valence-electron chi connectivity index (χ0n) is 14.6. The van der Waals surface area contributed by atoms with Crippen LogP contribution in [0.25, 0.3) is 0 Å². The van der Waals surface area contributed by atoms with Gasteiger partial charge in [0, 0.05) is 18.0 Å². The molecule has 4 fully saturated rings. The number of methoxy groups -OCH3 is 2. The van der Waals surface area contributed by atoms with Gasteiger partial charge in [-0.05, 0) is 74.0 Å². The number of benzene rings is 1. The zero-order valence-corrected chi connectivity index (χ0v) is 14.6. The van der Waals surface area contributed by atoms with Gasteiger partial charge in [0.25, 0.3) is 0 Å². The van der Waals surface area contributed by atoms with Crippen molar-refractivity contribution in [1.29, 1.82) is 0 Å². The average Bonchev–Trinajstić information content (AvgIpc) is 2.58. The molecule has 0 saturated heterocycles. The Kier molecular flexibility index (Phi) is 3.93. The molecule has 4 saturated carbocycles. The third kappa shape index (κ3) is 2.76. The maximum absolute atomic E-state index is 13.0. The van der Waals surface area contributed by atoms with Crippen LogP contribution in [0.4, 0.5) is 0 Å². The topological polar surface area (TPSA) is 47.6 Å². The summed E-state index contributed by atoms with van der Waals surface area (Å²) in [5.74, 6) is 4.15. The van der Waals surface area contributed by atoms with Crippen LogP contribution in [-0.4, -0.2) is 20.1 Å². The highest BCUT2D eigenvalue weighted by Gasteiger charge is 2.54. The summed E-state index contributed by atoms with van der Waals surface area (Å²) in [4.78, 5) is 13.0. The van der Waals surface area contributed by atoms with E-state index in [1.807, 2.05) is 18.2 Å². The van der Waals surface area contributed by atoms with E-state index in [0.717, 1.165) is 54.1 Å². The molecule has 130 valence electrons. The summed E-state index contributed by atoms with van der Waals surface area (Å²) in [5, 5.41) is 3.21. The summed E-state index contributed by atoms with van der Waals surface area (Å²) in [6.45, 7) is 0.536. The van der Waals surface area contributed by atoms with Gasteiger partial charge in [0.2, 0.25) is 5.91 Å². The first kappa shape index (κ1) is 15.8. The Balaban J connectivity index is 1.45. The van der Waals surface area contributed by atoms with Crippen LogP contribution in [0.3, 0.4) is 0 Å². The number of rotatable bonds is 5. The fourth-order valence-electron chi connectivity index (χ4n) is 5.73. The number of ether oxygens (including phenoxy) is 2. The van der Waals surface area contributed by atoms with E-state index >= 15 is 0 Å². The minimum atomic E-state index is -0.0856. The van der Waals surface area contributed by atoms with Crippen molar-refractivity contribution in [1.82, 2.24) is 5.32 Å². The van der Waals surface area contributed by atoms with Gasteiger partial charge in [-0.25, -0.2) is 0 Å². The van der Waals surface area contributed by atoms with Crippen molar-refractivity contribution in [2.45, 2.75) is 45.1 Å². The van der Waals surface area contributed by atoms with Gasteiger partial charge in [-0.1, -0.05) is 0 Å². The Morgan fingerprint density at radius 2 is 1.50 bits per heavy atom. The molecule has 4 aliphatic carbocycles. The van der Waals surface area contributed by atoms with E-state index in [9.17, 15) is 4.79 Å². The highest BCUT2D eigenvalue weighted by atomic mass is 16.5. The van der Waals surface area contributed by atoms with Crippen LogP contribution in [0, 0.1) is 23.2 Å². The second-order valence-electron chi connectivity index (χ2n) is 8.10. The van der Waals surface area contributed by atoms with Gasteiger partial charge in [0.15, 0.2) is 0 Å². The number of carbonyl (C=O) groups is 1. The molecule has 24 heavy (non-hydrogen) atoms. The van der Waals surface area contributed by atoms with Crippen molar-refractivity contribution >= 4 is 5.91 Å². The van der Waals surface area contributed by atoms with Crippen molar-refractivity contribution in [3.05, 3.63) is 23.8 Å². The highest BCUT2D eigenvalue weighted by molar-refractivity contribution is 5.83. The van der Waals surface area contributed by atoms with Gasteiger partial charge < -0.3 is 14.8 Å². The standard InChI is InChI=1S/C20H27NO3/c1-23-17-6-16(7-18(8-17)24-2)12-21-19(22)20-9-13-3-14(10-20)5-15(4-13)11-20/h6-8,13-15H,3-5,9-12H2,1-2H3,(H,21,22). The molecule has 0 aromatic heterocycles. The normalized spacial score (nSPS) is 33.3. The first-order valence-corrected chi connectivity index (χ1v) is 9.10. The van der Waals surface area contributed by atoms with Gasteiger partial charge in [-0.15, -0.1) is 0 Å². The molecule has 4 heteroatoms. The first-order valence-electron chi connectivity index (χ1n) is 9.10. The molecule has 0 heterocycles. The number of nitrogens with one attached hydrogen (secondary N) is 1. The minimum Gasteiger partial charge on any atom is -0.497 e. The van der Waals surface area contributed by atoms with Crippen molar-refractivity contribution in [3.8, 4) is 11.5 Å². The van der Waals surface area contributed by atoms with Crippen LogP contribution in [-0.2, 0) is 11.3 Å². The summed E-state index contributed by atoms with van der Waals surface area (Å²) in [6, 6.07) is 5.77. The van der Waals surface area contributed by atoms with E-state index in [-0.39, 0.29) is 11.3 Å². The molecule has 5 rings (SSSR count). The maximum atomic E-state index is 13.0. The Hall–Kier alpha value is -1.71. The van der Waals surface area contributed by atoms with Gasteiger partial charge in [0.1, 0.15) is 11.5 Å². The van der Waals surface area contributed by atoms with Crippen molar-refractivity contribution in [2.75, 3.05) is 14.2 Å². The third-order valence-electron chi connectivity index (χ3n) is 6.38. The Morgan fingerprint density at radius 3 is 1.96 bits per heavy atom. The lowest BCUT2D eigenvalue weighted by Gasteiger charge is -2.55. The van der Waals surface area contributed by atoms with E-state index in [1.54, 1.807) is 14.2 Å². The summed E-state index contributed by atoms with van der Waals surface area (Å²) >= 11 is 0. The third-order valence-corrected chi connectivity index (χ3v) is 6.38. The van der Waals surface area contributed by atoms with E-state index in [2.05, 4.69) is 5.32 Å². The van der Waals surface area contributed by atoms with Crippen LogP contribution in [0.15, 0.2) is 18.2 Å². The number of hydrogen-bond acceptors (Lipinski definition) is 3. The summed E-state index contributed by atoms with van der Waals surface area (Å²) in [7, 11) is 3.29. The van der Waals surface area contributed by atoms with Crippen LogP contribution >= 0.6 is 0 Å². The predicted molar refractivity (Wildman–Crippen MR) is 92.0 cm³/mol. The van der Waals surface area contributed by atoms with E-state index < -0.39 is 0 Å². The number of carbonyl (C=O) groups excluding carboxylic acids is 1. The Morgan fingerprint density at radius 1 is 1.00 bits per heavy atom. The molecular weight excluding hydrogens is 302 g/mol. The smallest absolute Gasteiger partial charge is 0.226 e. The number of hydrogen-bond donors (Lipinski definition) is 1. The van der Waals surface area contributed by atoms with Gasteiger partial charge in [0.05, 0.1) is 14.2 Å². The maximum Gasteiger partial charge on any atom is 0.226 e. The molecule has 4 nitrogen and oxygen atoms in total. The fraction of sp³-hybridized carbons (Fsp3) is 0.650. The lowest BCUT2D eigenvalue weighted by molar-refractivity contribution is -0.146. The summed E-state index contributed by atoms with van der Waals surface area (Å²) < 4.78 is 10.6. The second-order valence-corrected chi connectivity index (χ2v) is 8.10. The van der Waals surface area contributed by atoms with Gasteiger partial charge >= 0.3 is 0 Å². The largest absolute Gasteiger partial charge is 0.497 e. The summed E-state index contributed by atoms with van der Waals surface area (Å²) in [5.41, 5.74) is 0.932. The lowest BCUT2D eigenvalue weighted by atomic mass is 9.49. The SMILES string of the molecule is COc1cc(CNC(=O)C23CC4CC(CC(C4)C2)C3)cc(OC)c1. The van der Waals surface area contributed by atoms with E-state index in [1.165, 1.54) is 19.3 Å². The molecule has 1 aromatic rings. The molecule has 1 aromatic carbocycles. The fourth-order valence-corrected chi connectivity index (χ4v) is 5.73. The van der Waals surface area contributed by atoms with E-state index in [4.69, 9.17) is 9.47 Å². The molecule has 0 atom stereocenters. The van der Waals surface area contributed by atoms with Crippen molar-refractivity contribution in [2.24, 2.45) is 23.2 Å². The lowest BCUT2D eigenvalue weighted by Crippen LogP contribution is -2.53. The molecule has 1 amide bonds. The van der Waals surface area contributed by atoms with Gasteiger partial charge in [-0.2, -0.15) is 0 Å².